The quantitative estimate of drug-likeness (QED) is 0.662. The van der Waals surface area contributed by atoms with Gasteiger partial charge in [-0.05, 0) is 18.4 Å². The van der Waals surface area contributed by atoms with Gasteiger partial charge in [0.05, 0.1) is 0 Å². The molecular weight excluding hydrogens is 166 g/mol. The van der Waals surface area contributed by atoms with Gasteiger partial charge in [0, 0.05) is 11.6 Å². The zero-order chi connectivity index (χ0) is 9.52. The molecule has 0 spiro atoms. The van der Waals surface area contributed by atoms with E-state index >= 15 is 0 Å². The van der Waals surface area contributed by atoms with Crippen molar-refractivity contribution in [2.45, 2.75) is 19.3 Å². The van der Waals surface area contributed by atoms with Crippen molar-refractivity contribution in [3.8, 4) is 0 Å². The first kappa shape index (κ1) is 9.58. The highest BCUT2D eigenvalue weighted by atomic mass is 16.3. The average Bonchev–Trinajstić information content (AvgIpc) is 2.19. The summed E-state index contributed by atoms with van der Waals surface area (Å²) in [5, 5.41) is 2.33. The summed E-state index contributed by atoms with van der Waals surface area (Å²) >= 11 is 0. The number of carbonyl (C=O) groups is 1. The highest BCUT2D eigenvalue weighted by molar-refractivity contribution is 5.76. The molecule has 0 fully saturated rings. The van der Waals surface area contributed by atoms with Gasteiger partial charge in [-0.3, -0.25) is 4.79 Å². The normalized spacial score (nSPS) is 9.54. The van der Waals surface area contributed by atoms with E-state index in [-0.39, 0.29) is 6.42 Å². The fraction of sp³-hybridized carbons (Fsp3) is 0.300. The van der Waals surface area contributed by atoms with Crippen LogP contribution in [0.25, 0.3) is 0 Å². The first-order chi connectivity index (χ1) is 6.33. The zero-order valence-corrected chi connectivity index (χ0v) is 7.27. The Kier molecular flexibility index (Phi) is 3.82. The summed E-state index contributed by atoms with van der Waals surface area (Å²) in [7, 11) is 0. The number of amides is 1. The monoisotopic (exact) mass is 177 g/mol. The second-order valence-corrected chi connectivity index (χ2v) is 2.82. The van der Waals surface area contributed by atoms with Crippen LogP contribution < -0.4 is 0 Å². The maximum atomic E-state index is 10.5. The van der Waals surface area contributed by atoms with Crippen LogP contribution in [0.15, 0.2) is 35.5 Å². The fourth-order valence-corrected chi connectivity index (χ4v) is 1.13. The van der Waals surface area contributed by atoms with Crippen LogP contribution in [0.1, 0.15) is 18.4 Å². The summed E-state index contributed by atoms with van der Waals surface area (Å²) in [6, 6.07) is 9.85. The van der Waals surface area contributed by atoms with Crippen LogP contribution in [0.2, 0.25) is 0 Å². The van der Waals surface area contributed by atoms with Crippen LogP contribution in [0, 0.1) is 4.91 Å². The Hall–Kier alpha value is -1.51. The Morgan fingerprint density at radius 2 is 1.92 bits per heavy atom. The molecule has 0 N–H and O–H groups in total. The van der Waals surface area contributed by atoms with Gasteiger partial charge in [-0.2, -0.15) is 0 Å². The molecular formula is C10H11NO2. The van der Waals surface area contributed by atoms with Crippen molar-refractivity contribution in [1.29, 1.82) is 0 Å². The summed E-state index contributed by atoms with van der Waals surface area (Å²) in [5.41, 5.74) is 1.18. The van der Waals surface area contributed by atoms with E-state index < -0.39 is 5.91 Å². The van der Waals surface area contributed by atoms with Gasteiger partial charge in [-0.15, -0.1) is 4.91 Å². The minimum absolute atomic E-state index is 0.248. The average molecular weight is 177 g/mol. The molecule has 3 heteroatoms. The molecule has 0 unspecified atom stereocenters. The second kappa shape index (κ2) is 5.19. The van der Waals surface area contributed by atoms with Gasteiger partial charge in [0.2, 0.25) is 0 Å². The lowest BCUT2D eigenvalue weighted by Crippen LogP contribution is -1.93. The van der Waals surface area contributed by atoms with E-state index in [9.17, 15) is 9.70 Å². The van der Waals surface area contributed by atoms with Gasteiger partial charge < -0.3 is 0 Å². The van der Waals surface area contributed by atoms with Crippen molar-refractivity contribution in [2.75, 3.05) is 0 Å². The lowest BCUT2D eigenvalue weighted by atomic mass is 10.1. The number of aryl methyl sites for hydroxylation is 1. The summed E-state index contributed by atoms with van der Waals surface area (Å²) in [6.45, 7) is 0. The van der Waals surface area contributed by atoms with Crippen LogP contribution >= 0.6 is 0 Å². The summed E-state index contributed by atoms with van der Waals surface area (Å²) in [6.07, 6.45) is 1.76. The van der Waals surface area contributed by atoms with Crippen LogP contribution in [-0.4, -0.2) is 5.91 Å². The van der Waals surface area contributed by atoms with E-state index in [1.54, 1.807) is 0 Å². The van der Waals surface area contributed by atoms with Crippen molar-refractivity contribution in [1.82, 2.24) is 0 Å². The number of rotatable bonds is 4. The summed E-state index contributed by atoms with van der Waals surface area (Å²) < 4.78 is 0. The lowest BCUT2D eigenvalue weighted by Gasteiger charge is -1.97. The van der Waals surface area contributed by atoms with E-state index in [2.05, 4.69) is 5.18 Å². The Bertz CT molecular complexity index is 282. The maximum Gasteiger partial charge on any atom is 0.286 e. The number of nitrogens with zero attached hydrogens (tertiary/aromatic N) is 1. The highest BCUT2D eigenvalue weighted by Gasteiger charge is 1.99. The van der Waals surface area contributed by atoms with E-state index in [0.29, 0.717) is 6.42 Å². The number of hydrogen-bond acceptors (Lipinski definition) is 2. The molecule has 13 heavy (non-hydrogen) atoms. The first-order valence-corrected chi connectivity index (χ1v) is 4.23. The fourth-order valence-electron chi connectivity index (χ4n) is 1.13. The predicted octanol–water partition coefficient (Wildman–Crippen LogP) is 2.30. The Morgan fingerprint density at radius 3 is 2.54 bits per heavy atom. The molecule has 0 saturated heterocycles. The van der Waals surface area contributed by atoms with E-state index in [1.165, 1.54) is 5.56 Å². The highest BCUT2D eigenvalue weighted by Crippen LogP contribution is 2.04. The molecule has 0 aliphatic rings. The number of hydrogen-bond donors (Lipinski definition) is 0. The van der Waals surface area contributed by atoms with Gasteiger partial charge in [-0.25, -0.2) is 0 Å². The Balaban J connectivity index is 2.28. The Morgan fingerprint density at radius 1 is 1.23 bits per heavy atom. The van der Waals surface area contributed by atoms with Crippen molar-refractivity contribution >= 4 is 5.91 Å². The van der Waals surface area contributed by atoms with Crippen LogP contribution in [0.4, 0.5) is 0 Å². The van der Waals surface area contributed by atoms with Gasteiger partial charge in [-0.1, -0.05) is 30.3 Å². The maximum absolute atomic E-state index is 10.5. The molecule has 68 valence electrons. The number of nitroso groups, excluding NO2 is 1. The van der Waals surface area contributed by atoms with Crippen molar-refractivity contribution in [3.63, 3.8) is 0 Å². The SMILES string of the molecule is O=NC(=O)CCCc1ccccc1. The van der Waals surface area contributed by atoms with Crippen LogP contribution in [0.5, 0.6) is 0 Å². The zero-order valence-electron chi connectivity index (χ0n) is 7.27. The summed E-state index contributed by atoms with van der Waals surface area (Å²) in [4.78, 5) is 20.3. The third kappa shape index (κ3) is 3.60. The topological polar surface area (TPSA) is 46.5 Å². The van der Waals surface area contributed by atoms with Crippen molar-refractivity contribution < 1.29 is 4.79 Å². The van der Waals surface area contributed by atoms with Crippen molar-refractivity contribution in [3.05, 3.63) is 40.8 Å². The van der Waals surface area contributed by atoms with E-state index in [4.69, 9.17) is 0 Å². The first-order valence-electron chi connectivity index (χ1n) is 4.23. The van der Waals surface area contributed by atoms with Gasteiger partial charge in [0.25, 0.3) is 5.91 Å². The smallest absolute Gasteiger partial charge is 0.269 e. The Labute approximate surface area is 76.7 Å². The van der Waals surface area contributed by atoms with Crippen LogP contribution in [0.3, 0.4) is 0 Å². The molecule has 0 aromatic heterocycles. The molecule has 0 bridgehead atoms. The van der Waals surface area contributed by atoms with E-state index in [1.807, 2.05) is 30.3 Å². The standard InChI is InChI=1S/C10H11NO2/c12-10(11-13)8-4-7-9-5-2-1-3-6-9/h1-3,5-6H,4,7-8H2. The molecule has 0 saturated carbocycles. The largest absolute Gasteiger partial charge is 0.286 e. The van der Waals surface area contributed by atoms with E-state index in [0.717, 1.165) is 6.42 Å². The van der Waals surface area contributed by atoms with Crippen LogP contribution in [-0.2, 0) is 11.2 Å². The molecule has 0 atom stereocenters. The molecule has 0 aliphatic carbocycles. The lowest BCUT2D eigenvalue weighted by molar-refractivity contribution is -0.118. The summed E-state index contributed by atoms with van der Waals surface area (Å²) in [5.74, 6) is -0.559. The third-order valence-corrected chi connectivity index (χ3v) is 1.80. The molecule has 1 aromatic rings. The van der Waals surface area contributed by atoms with Gasteiger partial charge >= 0.3 is 0 Å². The van der Waals surface area contributed by atoms with Crippen molar-refractivity contribution in [2.24, 2.45) is 5.18 Å². The van der Waals surface area contributed by atoms with Gasteiger partial charge in [0.1, 0.15) is 0 Å². The predicted molar refractivity (Wildman–Crippen MR) is 50.2 cm³/mol. The minimum atomic E-state index is -0.559. The molecule has 1 rings (SSSR count). The number of carbonyl (C=O) groups excluding carboxylic acids is 1. The second-order valence-electron chi connectivity index (χ2n) is 2.82. The molecule has 0 aliphatic heterocycles. The van der Waals surface area contributed by atoms with Gasteiger partial charge in [0.15, 0.2) is 0 Å². The third-order valence-electron chi connectivity index (χ3n) is 1.80. The molecule has 1 aromatic carbocycles. The minimum Gasteiger partial charge on any atom is -0.269 e. The molecule has 0 heterocycles. The molecule has 1 amide bonds. The molecule has 0 radical (unpaired) electrons. The number of benzene rings is 1. The molecule has 3 nitrogen and oxygen atoms in total.